The number of hydrogen-bond donors (Lipinski definition) is 1. The van der Waals surface area contributed by atoms with Crippen LogP contribution < -0.4 is 5.73 Å². The van der Waals surface area contributed by atoms with Crippen LogP contribution in [0.5, 0.6) is 0 Å². The zero-order valence-corrected chi connectivity index (χ0v) is 12.3. The molecule has 0 radical (unpaired) electrons. The lowest BCUT2D eigenvalue weighted by atomic mass is 9.73. The molecular weight excluding hydrogens is 275 g/mol. The van der Waals surface area contributed by atoms with Crippen molar-refractivity contribution in [2.75, 3.05) is 26.4 Å². The van der Waals surface area contributed by atoms with E-state index in [2.05, 4.69) is 4.74 Å². The fourth-order valence-electron chi connectivity index (χ4n) is 2.00. The van der Waals surface area contributed by atoms with Gasteiger partial charge in [0.1, 0.15) is 6.61 Å². The molecule has 7 heteroatoms. The summed E-state index contributed by atoms with van der Waals surface area (Å²) < 4.78 is 45.3. The zero-order chi connectivity index (χ0) is 15.8. The smallest absolute Gasteiger partial charge is 0.411 e. The van der Waals surface area contributed by atoms with E-state index in [1.807, 2.05) is 13.8 Å². The lowest BCUT2D eigenvalue weighted by Gasteiger charge is -2.34. The van der Waals surface area contributed by atoms with E-state index in [0.29, 0.717) is 12.8 Å². The van der Waals surface area contributed by atoms with Crippen molar-refractivity contribution in [1.82, 2.24) is 0 Å². The van der Waals surface area contributed by atoms with Gasteiger partial charge in [-0.25, -0.2) is 0 Å². The van der Waals surface area contributed by atoms with Crippen molar-refractivity contribution in [1.29, 1.82) is 0 Å². The number of ether oxygens (including phenoxy) is 2. The molecule has 0 aromatic carbocycles. The number of hydrogen-bond acceptors (Lipinski definition) is 4. The second kappa shape index (κ2) is 8.46. The molecule has 0 aliphatic carbocycles. The number of esters is 1. The van der Waals surface area contributed by atoms with E-state index >= 15 is 0 Å². The van der Waals surface area contributed by atoms with Gasteiger partial charge in [0.15, 0.2) is 0 Å². The molecule has 0 fully saturated rings. The fraction of sp³-hybridized carbons (Fsp3) is 0.923. The van der Waals surface area contributed by atoms with Crippen LogP contribution in [0.2, 0.25) is 0 Å². The van der Waals surface area contributed by atoms with Crippen LogP contribution in [-0.4, -0.2) is 38.5 Å². The summed E-state index contributed by atoms with van der Waals surface area (Å²) in [6, 6.07) is 0. The van der Waals surface area contributed by atoms with Crippen LogP contribution in [0.4, 0.5) is 13.2 Å². The van der Waals surface area contributed by atoms with Crippen LogP contribution in [0.3, 0.4) is 0 Å². The Bertz CT molecular complexity index is 295. The van der Waals surface area contributed by atoms with Crippen LogP contribution in [0.25, 0.3) is 0 Å². The summed E-state index contributed by atoms with van der Waals surface area (Å²) in [6.07, 6.45) is -3.66. The molecule has 0 aromatic rings. The molecule has 20 heavy (non-hydrogen) atoms. The maximum Gasteiger partial charge on any atom is 0.411 e. The standard InChI is InChI=1S/C13H24F3NO3/c1-4-20-11(18)12(8-17,10(2)3)6-5-7-19-9-13(14,15)16/h10H,4-9,17H2,1-3H3. The van der Waals surface area contributed by atoms with Gasteiger partial charge in [0.25, 0.3) is 0 Å². The van der Waals surface area contributed by atoms with E-state index in [4.69, 9.17) is 10.5 Å². The van der Waals surface area contributed by atoms with E-state index < -0.39 is 24.2 Å². The van der Waals surface area contributed by atoms with Gasteiger partial charge in [-0.1, -0.05) is 13.8 Å². The normalized spacial score (nSPS) is 15.2. The second-order valence-corrected chi connectivity index (χ2v) is 5.01. The van der Waals surface area contributed by atoms with Crippen molar-refractivity contribution in [3.8, 4) is 0 Å². The minimum absolute atomic E-state index is 0.0610. The van der Waals surface area contributed by atoms with E-state index in [1.54, 1.807) is 6.92 Å². The Balaban J connectivity index is 4.42. The van der Waals surface area contributed by atoms with E-state index in [-0.39, 0.29) is 25.7 Å². The molecule has 0 aliphatic rings. The van der Waals surface area contributed by atoms with Crippen molar-refractivity contribution in [2.45, 2.75) is 39.8 Å². The van der Waals surface area contributed by atoms with Gasteiger partial charge in [0, 0.05) is 13.2 Å². The molecular formula is C13H24F3NO3. The maximum atomic E-state index is 12.0. The summed E-state index contributed by atoms with van der Waals surface area (Å²) in [5.74, 6) is -0.456. The van der Waals surface area contributed by atoms with E-state index in [1.165, 1.54) is 0 Å². The molecule has 120 valence electrons. The Morgan fingerprint density at radius 1 is 1.30 bits per heavy atom. The zero-order valence-electron chi connectivity index (χ0n) is 12.3. The Hall–Kier alpha value is -0.820. The third-order valence-electron chi connectivity index (χ3n) is 3.33. The quantitative estimate of drug-likeness (QED) is 0.525. The van der Waals surface area contributed by atoms with Gasteiger partial charge in [0.05, 0.1) is 12.0 Å². The summed E-state index contributed by atoms with van der Waals surface area (Å²) >= 11 is 0. The third-order valence-corrected chi connectivity index (χ3v) is 3.33. The van der Waals surface area contributed by atoms with Gasteiger partial charge in [0.2, 0.25) is 0 Å². The molecule has 1 atom stereocenters. The fourth-order valence-corrected chi connectivity index (χ4v) is 2.00. The van der Waals surface area contributed by atoms with Gasteiger partial charge in [-0.05, 0) is 25.7 Å². The van der Waals surface area contributed by atoms with Gasteiger partial charge in [-0.15, -0.1) is 0 Å². The topological polar surface area (TPSA) is 61.5 Å². The van der Waals surface area contributed by atoms with Crippen molar-refractivity contribution in [2.24, 2.45) is 17.1 Å². The Morgan fingerprint density at radius 2 is 1.90 bits per heavy atom. The number of carbonyl (C=O) groups is 1. The molecule has 0 aromatic heterocycles. The number of alkyl halides is 3. The lowest BCUT2D eigenvalue weighted by molar-refractivity contribution is -0.175. The molecule has 4 nitrogen and oxygen atoms in total. The first-order valence-electron chi connectivity index (χ1n) is 6.71. The van der Waals surface area contributed by atoms with Crippen molar-refractivity contribution in [3.05, 3.63) is 0 Å². The average Bonchev–Trinajstić information content (AvgIpc) is 2.32. The highest BCUT2D eigenvalue weighted by Gasteiger charge is 2.41. The first kappa shape index (κ1) is 19.2. The van der Waals surface area contributed by atoms with Crippen LogP contribution >= 0.6 is 0 Å². The molecule has 2 N–H and O–H groups in total. The van der Waals surface area contributed by atoms with Crippen LogP contribution in [-0.2, 0) is 14.3 Å². The van der Waals surface area contributed by atoms with Crippen molar-refractivity contribution < 1.29 is 27.4 Å². The van der Waals surface area contributed by atoms with Gasteiger partial charge in [-0.3, -0.25) is 4.79 Å². The van der Waals surface area contributed by atoms with Crippen molar-refractivity contribution in [3.63, 3.8) is 0 Å². The van der Waals surface area contributed by atoms with Crippen LogP contribution in [0, 0.1) is 11.3 Å². The molecule has 0 amide bonds. The highest BCUT2D eigenvalue weighted by Crippen LogP contribution is 2.33. The minimum Gasteiger partial charge on any atom is -0.466 e. The summed E-state index contributed by atoms with van der Waals surface area (Å²) in [4.78, 5) is 12.0. The number of carbonyl (C=O) groups excluding carboxylic acids is 1. The maximum absolute atomic E-state index is 12.0. The predicted octanol–water partition coefficient (Wildman–Crippen LogP) is 2.51. The number of halogens is 3. The third kappa shape index (κ3) is 6.09. The largest absolute Gasteiger partial charge is 0.466 e. The average molecular weight is 299 g/mol. The highest BCUT2D eigenvalue weighted by atomic mass is 19.4. The van der Waals surface area contributed by atoms with Gasteiger partial charge < -0.3 is 15.2 Å². The van der Waals surface area contributed by atoms with Gasteiger partial charge >= 0.3 is 12.1 Å². The second-order valence-electron chi connectivity index (χ2n) is 5.01. The lowest BCUT2D eigenvalue weighted by Crippen LogP contribution is -2.44. The highest BCUT2D eigenvalue weighted by molar-refractivity contribution is 5.77. The molecule has 0 saturated heterocycles. The molecule has 0 saturated carbocycles. The Morgan fingerprint density at radius 3 is 2.30 bits per heavy atom. The summed E-state index contributed by atoms with van der Waals surface area (Å²) in [5, 5.41) is 0. The van der Waals surface area contributed by atoms with E-state index in [9.17, 15) is 18.0 Å². The summed E-state index contributed by atoms with van der Waals surface area (Å²) in [5.41, 5.74) is 4.84. The summed E-state index contributed by atoms with van der Waals surface area (Å²) in [6.45, 7) is 4.41. The Labute approximate surface area is 117 Å². The van der Waals surface area contributed by atoms with Gasteiger partial charge in [-0.2, -0.15) is 13.2 Å². The number of nitrogens with two attached hydrogens (primary N) is 1. The number of rotatable bonds is 9. The molecule has 0 aliphatic heterocycles. The first-order valence-corrected chi connectivity index (χ1v) is 6.71. The molecule has 0 heterocycles. The first-order chi connectivity index (χ1) is 9.19. The summed E-state index contributed by atoms with van der Waals surface area (Å²) in [7, 11) is 0. The predicted molar refractivity (Wildman–Crippen MR) is 69.1 cm³/mol. The molecule has 0 rings (SSSR count). The van der Waals surface area contributed by atoms with E-state index in [0.717, 1.165) is 0 Å². The molecule has 1 unspecified atom stereocenters. The van der Waals surface area contributed by atoms with Crippen LogP contribution in [0.1, 0.15) is 33.6 Å². The van der Waals surface area contributed by atoms with Crippen LogP contribution in [0.15, 0.2) is 0 Å². The SMILES string of the molecule is CCOC(=O)C(CN)(CCCOCC(F)(F)F)C(C)C. The minimum atomic E-state index is -4.33. The monoisotopic (exact) mass is 299 g/mol. The molecule has 0 bridgehead atoms. The Kier molecular flexibility index (Phi) is 8.12. The molecule has 0 spiro atoms. The van der Waals surface area contributed by atoms with Crippen molar-refractivity contribution >= 4 is 5.97 Å².